The third-order valence-electron chi connectivity index (χ3n) is 2.24. The first-order valence-corrected chi connectivity index (χ1v) is 7.33. The summed E-state index contributed by atoms with van der Waals surface area (Å²) in [6.45, 7) is 5.68. The van der Waals surface area contributed by atoms with Gasteiger partial charge in [-0.25, -0.2) is 4.79 Å². The Hall–Kier alpha value is -1.05. The van der Waals surface area contributed by atoms with E-state index in [9.17, 15) is 4.79 Å². The van der Waals surface area contributed by atoms with Crippen LogP contribution in [0.5, 0.6) is 5.19 Å². The maximum Gasteiger partial charge on any atom is 0.407 e. The largest absolute Gasteiger partial charge is 0.473 e. The molecule has 20 heavy (non-hydrogen) atoms. The van der Waals surface area contributed by atoms with Gasteiger partial charge >= 0.3 is 6.09 Å². The van der Waals surface area contributed by atoms with E-state index in [1.165, 1.54) is 18.4 Å². The van der Waals surface area contributed by atoms with Gasteiger partial charge in [0.1, 0.15) is 10.8 Å². The van der Waals surface area contributed by atoms with E-state index < -0.39 is 11.7 Å². The van der Waals surface area contributed by atoms with Gasteiger partial charge in [-0.2, -0.15) is 4.98 Å². The van der Waals surface area contributed by atoms with Gasteiger partial charge in [0.15, 0.2) is 0 Å². The molecule has 0 fully saturated rings. The molecule has 1 unspecified atom stereocenters. The summed E-state index contributed by atoms with van der Waals surface area (Å²) in [6.07, 6.45) is -0.0177. The van der Waals surface area contributed by atoms with Crippen molar-refractivity contribution in [3.8, 4) is 5.19 Å². The number of hydrogen-bond acceptors (Lipinski definition) is 6. The summed E-state index contributed by atoms with van der Waals surface area (Å²) in [5.41, 5.74) is 5.11. The second-order valence-corrected chi connectivity index (χ2v) is 6.59. The van der Waals surface area contributed by atoms with E-state index in [0.717, 1.165) is 4.88 Å². The number of methoxy groups -OCH3 is 1. The van der Waals surface area contributed by atoms with Crippen LogP contribution in [0.25, 0.3) is 0 Å². The number of alkyl carbamates (subject to hydrolysis) is 1. The minimum atomic E-state index is -0.547. The Balaban J connectivity index is 2.63. The van der Waals surface area contributed by atoms with Crippen LogP contribution in [0, 0.1) is 0 Å². The number of ether oxygens (including phenoxy) is 2. The van der Waals surface area contributed by atoms with Gasteiger partial charge in [0.2, 0.25) is 0 Å². The molecule has 1 aromatic rings. The molecule has 1 heterocycles. The molecule has 0 saturated carbocycles. The molecule has 0 aromatic carbocycles. The molecular formula is C12H20ClN3O3S. The molecule has 0 spiro atoms. The van der Waals surface area contributed by atoms with E-state index >= 15 is 0 Å². The standard InChI is InChI=1S/C12H20ClN3O3S/c1-12(2,3)19-10(17)15-7(6-14)5-8-9(13)16-11(18-4)20-8/h7H,5-6,14H2,1-4H3,(H,15,17). The monoisotopic (exact) mass is 321 g/mol. The molecule has 0 aliphatic rings. The number of carbonyl (C=O) groups is 1. The van der Waals surface area contributed by atoms with Gasteiger partial charge in [-0.15, -0.1) is 0 Å². The Morgan fingerprint density at radius 1 is 1.55 bits per heavy atom. The number of nitrogens with two attached hydrogens (primary N) is 1. The molecule has 1 aromatic heterocycles. The van der Waals surface area contributed by atoms with Gasteiger partial charge in [-0.3, -0.25) is 0 Å². The molecule has 6 nitrogen and oxygen atoms in total. The second kappa shape index (κ2) is 7.10. The normalized spacial score (nSPS) is 12.9. The fourth-order valence-electron chi connectivity index (χ4n) is 1.42. The minimum Gasteiger partial charge on any atom is -0.473 e. The summed E-state index contributed by atoms with van der Waals surface area (Å²) in [7, 11) is 1.53. The van der Waals surface area contributed by atoms with Crippen molar-refractivity contribution < 1.29 is 14.3 Å². The number of aromatic nitrogens is 1. The number of rotatable bonds is 5. The highest BCUT2D eigenvalue weighted by molar-refractivity contribution is 7.13. The first kappa shape index (κ1) is 17.0. The highest BCUT2D eigenvalue weighted by atomic mass is 35.5. The number of nitrogens with one attached hydrogen (secondary N) is 1. The first-order valence-electron chi connectivity index (χ1n) is 6.14. The number of nitrogens with zero attached hydrogens (tertiary/aromatic N) is 1. The fourth-order valence-corrected chi connectivity index (χ4v) is 2.58. The van der Waals surface area contributed by atoms with Crippen LogP contribution >= 0.6 is 22.9 Å². The topological polar surface area (TPSA) is 86.5 Å². The lowest BCUT2D eigenvalue weighted by Gasteiger charge is -2.22. The Kier molecular flexibility index (Phi) is 6.04. The minimum absolute atomic E-state index is 0.271. The molecule has 3 N–H and O–H groups in total. The molecule has 1 atom stereocenters. The Morgan fingerprint density at radius 2 is 2.20 bits per heavy atom. The van der Waals surface area contributed by atoms with Crippen molar-refractivity contribution in [2.75, 3.05) is 13.7 Å². The van der Waals surface area contributed by atoms with Crippen molar-refractivity contribution in [3.05, 3.63) is 10.0 Å². The Morgan fingerprint density at radius 3 is 2.65 bits per heavy atom. The van der Waals surface area contributed by atoms with E-state index in [1.807, 2.05) is 0 Å². The van der Waals surface area contributed by atoms with Crippen molar-refractivity contribution >= 4 is 29.0 Å². The predicted molar refractivity (Wildman–Crippen MR) is 79.6 cm³/mol. The highest BCUT2D eigenvalue weighted by Gasteiger charge is 2.21. The second-order valence-electron chi connectivity index (χ2n) is 5.18. The van der Waals surface area contributed by atoms with E-state index in [2.05, 4.69) is 10.3 Å². The third-order valence-corrected chi connectivity index (χ3v) is 3.71. The fraction of sp³-hybridized carbons (Fsp3) is 0.667. The molecule has 114 valence electrons. The smallest absolute Gasteiger partial charge is 0.407 e. The van der Waals surface area contributed by atoms with Crippen molar-refractivity contribution in [3.63, 3.8) is 0 Å². The van der Waals surface area contributed by atoms with Gasteiger partial charge in [0.25, 0.3) is 5.19 Å². The van der Waals surface area contributed by atoms with Crippen molar-refractivity contribution in [2.45, 2.75) is 38.8 Å². The zero-order valence-electron chi connectivity index (χ0n) is 12.0. The zero-order chi connectivity index (χ0) is 15.3. The number of hydrogen-bond donors (Lipinski definition) is 2. The maximum absolute atomic E-state index is 11.7. The lowest BCUT2D eigenvalue weighted by atomic mass is 10.2. The van der Waals surface area contributed by atoms with Gasteiger partial charge in [-0.1, -0.05) is 22.9 Å². The van der Waals surface area contributed by atoms with Gasteiger partial charge in [0, 0.05) is 23.9 Å². The number of thiazole rings is 1. The van der Waals surface area contributed by atoms with Crippen LogP contribution in [0.4, 0.5) is 4.79 Å². The zero-order valence-corrected chi connectivity index (χ0v) is 13.6. The molecule has 1 rings (SSSR count). The van der Waals surface area contributed by atoms with E-state index in [-0.39, 0.29) is 12.6 Å². The summed E-state index contributed by atoms with van der Waals surface area (Å²) >= 11 is 7.33. The molecule has 8 heteroatoms. The SMILES string of the molecule is COc1nc(Cl)c(CC(CN)NC(=O)OC(C)(C)C)s1. The summed E-state index contributed by atoms with van der Waals surface area (Å²) < 4.78 is 10.2. The van der Waals surface area contributed by atoms with E-state index in [1.54, 1.807) is 20.8 Å². The molecule has 1 amide bonds. The quantitative estimate of drug-likeness (QED) is 0.868. The summed E-state index contributed by atoms with van der Waals surface area (Å²) in [6, 6.07) is -0.271. The number of carbonyl (C=O) groups excluding carboxylic acids is 1. The van der Waals surface area contributed by atoms with Crippen molar-refractivity contribution in [1.29, 1.82) is 0 Å². The van der Waals surface area contributed by atoms with Crippen molar-refractivity contribution in [1.82, 2.24) is 10.3 Å². The lowest BCUT2D eigenvalue weighted by molar-refractivity contribution is 0.0506. The lowest BCUT2D eigenvalue weighted by Crippen LogP contribution is -2.44. The Bertz CT molecular complexity index is 459. The van der Waals surface area contributed by atoms with Crippen LogP contribution in [0.1, 0.15) is 25.6 Å². The molecule has 0 radical (unpaired) electrons. The van der Waals surface area contributed by atoms with Crippen LogP contribution in [-0.4, -0.2) is 36.4 Å². The molecular weight excluding hydrogens is 302 g/mol. The summed E-state index contributed by atoms with van der Waals surface area (Å²) in [5, 5.41) is 3.58. The molecule has 0 aliphatic carbocycles. The van der Waals surface area contributed by atoms with Crippen molar-refractivity contribution in [2.24, 2.45) is 5.73 Å². The Labute approximate surface area is 127 Å². The predicted octanol–water partition coefficient (Wildman–Crippen LogP) is 2.20. The average Bonchev–Trinajstić information content (AvgIpc) is 2.67. The van der Waals surface area contributed by atoms with Gasteiger partial charge in [0.05, 0.1) is 7.11 Å². The van der Waals surface area contributed by atoms with Crippen LogP contribution in [0.15, 0.2) is 0 Å². The van der Waals surface area contributed by atoms with E-state index in [4.69, 9.17) is 26.8 Å². The number of halogens is 1. The van der Waals surface area contributed by atoms with Gasteiger partial charge < -0.3 is 20.5 Å². The van der Waals surface area contributed by atoms with Crippen LogP contribution < -0.4 is 15.8 Å². The first-order chi connectivity index (χ1) is 9.25. The van der Waals surface area contributed by atoms with Crippen LogP contribution in [0.2, 0.25) is 5.15 Å². The maximum atomic E-state index is 11.7. The summed E-state index contributed by atoms with van der Waals surface area (Å²) in [5.74, 6) is 0. The highest BCUT2D eigenvalue weighted by Crippen LogP contribution is 2.29. The average molecular weight is 322 g/mol. The van der Waals surface area contributed by atoms with Gasteiger partial charge in [-0.05, 0) is 20.8 Å². The van der Waals surface area contributed by atoms with E-state index in [0.29, 0.717) is 16.8 Å². The number of amides is 1. The van der Waals surface area contributed by atoms with Crippen LogP contribution in [-0.2, 0) is 11.2 Å². The molecule has 0 aliphatic heterocycles. The summed E-state index contributed by atoms with van der Waals surface area (Å²) in [4.78, 5) is 16.6. The third kappa shape index (κ3) is 5.52. The molecule has 0 saturated heterocycles. The van der Waals surface area contributed by atoms with Crippen LogP contribution in [0.3, 0.4) is 0 Å². The molecule has 0 bridgehead atoms.